The van der Waals surface area contributed by atoms with Crippen molar-refractivity contribution in [2.75, 3.05) is 13.4 Å². The number of methoxy groups -OCH3 is 1. The van der Waals surface area contributed by atoms with E-state index in [1.807, 2.05) is 0 Å². The second-order valence-corrected chi connectivity index (χ2v) is 6.18. The molecule has 1 N–H and O–H groups in total. The van der Waals surface area contributed by atoms with Gasteiger partial charge in [-0.25, -0.2) is 8.42 Å². The van der Waals surface area contributed by atoms with Gasteiger partial charge in [-0.1, -0.05) is 6.07 Å². The lowest BCUT2D eigenvalue weighted by atomic mass is 10.1. The largest absolute Gasteiger partial charge is 0.496 e. The number of rotatable bonds is 3. The van der Waals surface area contributed by atoms with E-state index in [0.29, 0.717) is 24.2 Å². The SMILES string of the molecule is COc1cc(S(C)(=O)=O)ccc1C1(O)CC1. The van der Waals surface area contributed by atoms with Gasteiger partial charge in [0.25, 0.3) is 0 Å². The second-order valence-electron chi connectivity index (χ2n) is 4.17. The van der Waals surface area contributed by atoms with E-state index in [1.165, 1.54) is 19.2 Å². The van der Waals surface area contributed by atoms with E-state index in [9.17, 15) is 13.5 Å². The van der Waals surface area contributed by atoms with Crippen LogP contribution in [0, 0.1) is 0 Å². The van der Waals surface area contributed by atoms with Gasteiger partial charge in [0.2, 0.25) is 0 Å². The van der Waals surface area contributed by atoms with Crippen LogP contribution in [0.25, 0.3) is 0 Å². The van der Waals surface area contributed by atoms with Crippen LogP contribution in [-0.4, -0.2) is 26.9 Å². The Morgan fingerprint density at radius 3 is 2.44 bits per heavy atom. The first-order chi connectivity index (χ1) is 7.37. The highest BCUT2D eigenvalue weighted by molar-refractivity contribution is 7.90. The summed E-state index contributed by atoms with van der Waals surface area (Å²) in [6, 6.07) is 4.59. The van der Waals surface area contributed by atoms with Crippen LogP contribution in [-0.2, 0) is 15.4 Å². The van der Waals surface area contributed by atoms with Crippen molar-refractivity contribution < 1.29 is 18.3 Å². The topological polar surface area (TPSA) is 63.6 Å². The van der Waals surface area contributed by atoms with Crippen molar-refractivity contribution in [1.82, 2.24) is 0 Å². The fourth-order valence-electron chi connectivity index (χ4n) is 1.67. The van der Waals surface area contributed by atoms with Gasteiger partial charge in [-0.05, 0) is 25.0 Å². The van der Waals surface area contributed by atoms with E-state index in [4.69, 9.17) is 4.74 Å². The summed E-state index contributed by atoms with van der Waals surface area (Å²) < 4.78 is 27.8. The molecule has 0 atom stereocenters. The molecule has 4 nitrogen and oxygen atoms in total. The molecule has 0 bridgehead atoms. The Balaban J connectivity index is 2.52. The van der Waals surface area contributed by atoms with Crippen LogP contribution in [0.3, 0.4) is 0 Å². The average Bonchev–Trinajstić information content (AvgIpc) is 2.95. The molecule has 0 amide bonds. The fourth-order valence-corrected chi connectivity index (χ4v) is 2.31. The lowest BCUT2D eigenvalue weighted by Gasteiger charge is -2.14. The molecule has 0 saturated heterocycles. The maximum Gasteiger partial charge on any atom is 0.175 e. The van der Waals surface area contributed by atoms with Crippen molar-refractivity contribution in [3.8, 4) is 5.75 Å². The van der Waals surface area contributed by atoms with E-state index in [0.717, 1.165) is 6.26 Å². The molecule has 0 unspecified atom stereocenters. The number of benzene rings is 1. The summed E-state index contributed by atoms with van der Waals surface area (Å²) in [5.41, 5.74) is -0.149. The van der Waals surface area contributed by atoms with Gasteiger partial charge in [-0.15, -0.1) is 0 Å². The molecule has 5 heteroatoms. The molecule has 1 fully saturated rings. The highest BCUT2D eigenvalue weighted by atomic mass is 32.2. The summed E-state index contributed by atoms with van der Waals surface area (Å²) in [4.78, 5) is 0.206. The molecule has 0 radical (unpaired) electrons. The predicted molar refractivity (Wildman–Crippen MR) is 59.2 cm³/mol. The van der Waals surface area contributed by atoms with Gasteiger partial charge in [0, 0.05) is 11.8 Å². The maximum atomic E-state index is 11.4. The normalized spacial score (nSPS) is 18.2. The van der Waals surface area contributed by atoms with Crippen molar-refractivity contribution in [2.24, 2.45) is 0 Å². The van der Waals surface area contributed by atoms with Gasteiger partial charge in [0.1, 0.15) is 5.75 Å². The first-order valence-corrected chi connectivity index (χ1v) is 6.87. The van der Waals surface area contributed by atoms with Gasteiger partial charge >= 0.3 is 0 Å². The van der Waals surface area contributed by atoms with Gasteiger partial charge < -0.3 is 9.84 Å². The zero-order chi connectivity index (χ0) is 12.0. The highest BCUT2D eigenvalue weighted by Gasteiger charge is 2.44. The number of hydrogen-bond acceptors (Lipinski definition) is 4. The molecule has 1 aliphatic carbocycles. The van der Waals surface area contributed by atoms with Crippen LogP contribution in [0.1, 0.15) is 18.4 Å². The molecule has 0 aliphatic heterocycles. The molecule has 0 heterocycles. The minimum Gasteiger partial charge on any atom is -0.496 e. The first kappa shape index (κ1) is 11.4. The predicted octanol–water partition coefficient (Wildman–Crippen LogP) is 1.08. The number of sulfone groups is 1. The first-order valence-electron chi connectivity index (χ1n) is 4.98. The highest BCUT2D eigenvalue weighted by Crippen LogP contribution is 2.49. The lowest BCUT2D eigenvalue weighted by Crippen LogP contribution is -2.08. The Bertz CT molecular complexity index is 515. The Kier molecular flexibility index (Phi) is 2.47. The zero-order valence-electron chi connectivity index (χ0n) is 9.23. The van der Waals surface area contributed by atoms with Crippen molar-refractivity contribution in [2.45, 2.75) is 23.3 Å². The van der Waals surface area contributed by atoms with Gasteiger partial charge in [0.15, 0.2) is 9.84 Å². The molecular formula is C11H14O4S. The summed E-state index contributed by atoms with van der Waals surface area (Å²) in [5.74, 6) is 0.433. The van der Waals surface area contributed by atoms with E-state index in [1.54, 1.807) is 6.07 Å². The van der Waals surface area contributed by atoms with E-state index < -0.39 is 15.4 Å². The molecule has 2 rings (SSSR count). The standard InChI is InChI=1S/C11H14O4S/c1-15-10-7-8(16(2,13)14)3-4-9(10)11(12)5-6-11/h3-4,7,12H,5-6H2,1-2H3. The van der Waals surface area contributed by atoms with Crippen LogP contribution in [0.15, 0.2) is 23.1 Å². The maximum absolute atomic E-state index is 11.4. The third-order valence-corrected chi connectivity index (χ3v) is 3.94. The molecule has 1 aliphatic rings. The Morgan fingerprint density at radius 2 is 2.00 bits per heavy atom. The third-order valence-electron chi connectivity index (χ3n) is 2.83. The molecule has 0 aromatic heterocycles. The van der Waals surface area contributed by atoms with Crippen LogP contribution >= 0.6 is 0 Å². The van der Waals surface area contributed by atoms with Crippen LogP contribution < -0.4 is 4.74 Å². The smallest absolute Gasteiger partial charge is 0.175 e. The van der Waals surface area contributed by atoms with Crippen molar-refractivity contribution in [1.29, 1.82) is 0 Å². The average molecular weight is 242 g/mol. The molecule has 1 aromatic carbocycles. The third kappa shape index (κ3) is 1.92. The van der Waals surface area contributed by atoms with Gasteiger partial charge in [-0.2, -0.15) is 0 Å². The minimum atomic E-state index is -3.24. The second kappa shape index (κ2) is 3.46. The van der Waals surface area contributed by atoms with Crippen molar-refractivity contribution >= 4 is 9.84 Å². The molecule has 88 valence electrons. The Hall–Kier alpha value is -1.07. The number of ether oxygens (including phenoxy) is 1. The summed E-state index contributed by atoms with van der Waals surface area (Å²) in [6.07, 6.45) is 2.54. The molecule has 1 saturated carbocycles. The summed E-state index contributed by atoms with van der Waals surface area (Å²) in [6.45, 7) is 0. The molecule has 16 heavy (non-hydrogen) atoms. The van der Waals surface area contributed by atoms with Crippen LogP contribution in [0.4, 0.5) is 0 Å². The zero-order valence-corrected chi connectivity index (χ0v) is 10.0. The molecule has 0 spiro atoms. The lowest BCUT2D eigenvalue weighted by molar-refractivity contribution is 0.147. The summed E-state index contributed by atoms with van der Waals surface area (Å²) in [5, 5.41) is 9.98. The van der Waals surface area contributed by atoms with Crippen LogP contribution in [0.2, 0.25) is 0 Å². The minimum absolute atomic E-state index is 0.206. The monoisotopic (exact) mass is 242 g/mol. The summed E-state index contributed by atoms with van der Waals surface area (Å²) >= 11 is 0. The quantitative estimate of drug-likeness (QED) is 0.861. The molecule has 1 aromatic rings. The van der Waals surface area contributed by atoms with Gasteiger partial charge in [-0.3, -0.25) is 0 Å². The Morgan fingerprint density at radius 1 is 1.38 bits per heavy atom. The van der Waals surface area contributed by atoms with Gasteiger partial charge in [0.05, 0.1) is 17.6 Å². The van der Waals surface area contributed by atoms with Crippen LogP contribution in [0.5, 0.6) is 5.75 Å². The molecular weight excluding hydrogens is 228 g/mol. The van der Waals surface area contributed by atoms with E-state index in [-0.39, 0.29) is 4.90 Å². The van der Waals surface area contributed by atoms with E-state index >= 15 is 0 Å². The van der Waals surface area contributed by atoms with E-state index in [2.05, 4.69) is 0 Å². The van der Waals surface area contributed by atoms with Crippen molar-refractivity contribution in [3.63, 3.8) is 0 Å². The summed E-state index contributed by atoms with van der Waals surface area (Å²) in [7, 11) is -1.77. The number of aliphatic hydroxyl groups is 1. The number of hydrogen-bond donors (Lipinski definition) is 1. The van der Waals surface area contributed by atoms with Crippen molar-refractivity contribution in [3.05, 3.63) is 23.8 Å². The fraction of sp³-hybridized carbons (Fsp3) is 0.455. The Labute approximate surface area is 94.8 Å².